The number of ketones is 2. The third-order valence-electron chi connectivity index (χ3n) is 4.86. The van der Waals surface area contributed by atoms with Crippen molar-refractivity contribution in [3.8, 4) is 0 Å². The van der Waals surface area contributed by atoms with Gasteiger partial charge in [-0.15, -0.1) is 0 Å². The summed E-state index contributed by atoms with van der Waals surface area (Å²) in [6, 6.07) is -1.27. The van der Waals surface area contributed by atoms with Crippen LogP contribution in [0.3, 0.4) is 0 Å². The first kappa shape index (κ1) is 18.7. The minimum absolute atomic E-state index is 0.0337. The van der Waals surface area contributed by atoms with Crippen molar-refractivity contribution in [2.45, 2.75) is 52.1 Å². The van der Waals surface area contributed by atoms with Crippen molar-refractivity contribution in [3.05, 3.63) is 22.9 Å². The van der Waals surface area contributed by atoms with Gasteiger partial charge in [-0.05, 0) is 39.7 Å². The van der Waals surface area contributed by atoms with E-state index in [1.54, 1.807) is 13.8 Å². The van der Waals surface area contributed by atoms with Crippen molar-refractivity contribution in [2.24, 2.45) is 5.41 Å². The van der Waals surface area contributed by atoms with E-state index in [1.807, 2.05) is 0 Å². The molecule has 0 spiro atoms. The molecule has 0 aromatic rings. The van der Waals surface area contributed by atoms with Crippen molar-refractivity contribution in [1.82, 2.24) is 4.31 Å². The summed E-state index contributed by atoms with van der Waals surface area (Å²) in [6.45, 7) is 5.63. The molecular weight excluding hydrogens is 347 g/mol. The van der Waals surface area contributed by atoms with Crippen LogP contribution in [-0.2, 0) is 19.6 Å². The lowest BCUT2D eigenvalue weighted by atomic mass is 9.67. The number of allylic oxidation sites excluding steroid dienone is 2. The van der Waals surface area contributed by atoms with Crippen LogP contribution in [0.2, 0.25) is 0 Å². The molecule has 0 saturated carbocycles. The monoisotopic (exact) mass is 365 g/mol. The number of rotatable bonds is 3. The zero-order chi connectivity index (χ0) is 18.7. The van der Waals surface area contributed by atoms with E-state index in [2.05, 4.69) is 0 Å². The molecule has 0 N–H and O–H groups in total. The van der Waals surface area contributed by atoms with E-state index in [0.717, 1.165) is 24.1 Å². The molecule has 0 fully saturated rings. The standard InChI is InChI=1S/C15H18F3NO4S/c1-8-5-13-14(11(4)21,6-9(8)2)7-12(10(3)20)19(13)24(22,23)15(16,17)18/h7,13H,5-6H2,1-4H3/t13-,14-/m0/s1. The van der Waals surface area contributed by atoms with Crippen LogP contribution in [0.4, 0.5) is 13.2 Å². The summed E-state index contributed by atoms with van der Waals surface area (Å²) in [5.41, 5.74) is -6.05. The van der Waals surface area contributed by atoms with E-state index >= 15 is 0 Å². The summed E-state index contributed by atoms with van der Waals surface area (Å²) < 4.78 is 63.6. The van der Waals surface area contributed by atoms with E-state index in [9.17, 15) is 31.2 Å². The van der Waals surface area contributed by atoms with Gasteiger partial charge in [0.1, 0.15) is 5.78 Å². The Morgan fingerprint density at radius 1 is 1.21 bits per heavy atom. The summed E-state index contributed by atoms with van der Waals surface area (Å²) in [7, 11) is -5.78. The van der Waals surface area contributed by atoms with E-state index in [1.165, 1.54) is 6.92 Å². The van der Waals surface area contributed by atoms with Crippen LogP contribution in [0, 0.1) is 5.41 Å². The molecule has 1 heterocycles. The van der Waals surface area contributed by atoms with Crippen molar-refractivity contribution < 1.29 is 31.2 Å². The first-order chi connectivity index (χ1) is 10.8. The van der Waals surface area contributed by atoms with Crippen LogP contribution in [0.15, 0.2) is 22.9 Å². The van der Waals surface area contributed by atoms with Gasteiger partial charge in [-0.25, -0.2) is 0 Å². The molecule has 0 saturated heterocycles. The number of nitrogens with zero attached hydrogens (tertiary/aromatic N) is 1. The molecule has 0 amide bonds. The Morgan fingerprint density at radius 2 is 1.75 bits per heavy atom. The Kier molecular flexibility index (Phi) is 4.23. The molecule has 2 atom stereocenters. The van der Waals surface area contributed by atoms with Crippen LogP contribution < -0.4 is 0 Å². The van der Waals surface area contributed by atoms with Gasteiger partial charge in [0, 0.05) is 6.92 Å². The molecule has 2 rings (SSSR count). The molecule has 0 aromatic heterocycles. The third kappa shape index (κ3) is 2.49. The third-order valence-corrected chi connectivity index (χ3v) is 6.42. The van der Waals surface area contributed by atoms with Crippen molar-refractivity contribution in [3.63, 3.8) is 0 Å². The summed E-state index contributed by atoms with van der Waals surface area (Å²) in [5, 5.41) is 0. The molecule has 2 aliphatic rings. The van der Waals surface area contributed by atoms with Crippen molar-refractivity contribution >= 4 is 21.6 Å². The normalized spacial score (nSPS) is 27.9. The number of carbonyl (C=O) groups excluding carboxylic acids is 2. The minimum atomic E-state index is -5.78. The Labute approximate surface area is 138 Å². The van der Waals surface area contributed by atoms with Crippen LogP contribution in [0.5, 0.6) is 0 Å². The van der Waals surface area contributed by atoms with Crippen molar-refractivity contribution in [1.29, 1.82) is 0 Å². The molecule has 134 valence electrons. The second-order valence-electron chi connectivity index (χ2n) is 6.39. The van der Waals surface area contributed by atoms with E-state index in [4.69, 9.17) is 0 Å². The van der Waals surface area contributed by atoms with Gasteiger partial charge in [0.05, 0.1) is 17.2 Å². The minimum Gasteiger partial charge on any atom is -0.299 e. The van der Waals surface area contributed by atoms with Gasteiger partial charge in [-0.3, -0.25) is 13.9 Å². The number of halogens is 3. The predicted molar refractivity (Wildman–Crippen MR) is 80.1 cm³/mol. The first-order valence-corrected chi connectivity index (χ1v) is 8.70. The highest BCUT2D eigenvalue weighted by molar-refractivity contribution is 7.90. The molecule has 0 unspecified atom stereocenters. The number of carbonyl (C=O) groups is 2. The lowest BCUT2D eigenvalue weighted by Gasteiger charge is -2.41. The van der Waals surface area contributed by atoms with Gasteiger partial charge in [0.15, 0.2) is 5.78 Å². The Morgan fingerprint density at radius 3 is 2.17 bits per heavy atom. The lowest BCUT2D eigenvalue weighted by Crippen LogP contribution is -2.52. The topological polar surface area (TPSA) is 71.5 Å². The number of fused-ring (bicyclic) bond motifs is 1. The number of alkyl halides is 3. The lowest BCUT2D eigenvalue weighted by molar-refractivity contribution is -0.126. The van der Waals surface area contributed by atoms with Gasteiger partial charge in [0.2, 0.25) is 0 Å². The summed E-state index contributed by atoms with van der Waals surface area (Å²) >= 11 is 0. The summed E-state index contributed by atoms with van der Waals surface area (Å²) in [4.78, 5) is 24.1. The highest BCUT2D eigenvalue weighted by atomic mass is 32.2. The fourth-order valence-corrected chi connectivity index (χ4v) is 4.66. The average Bonchev–Trinajstić information content (AvgIpc) is 2.74. The smallest absolute Gasteiger partial charge is 0.299 e. The number of hydrogen-bond acceptors (Lipinski definition) is 4. The fourth-order valence-electron chi connectivity index (χ4n) is 3.39. The second-order valence-corrected chi connectivity index (χ2v) is 8.19. The molecule has 5 nitrogen and oxygen atoms in total. The quantitative estimate of drug-likeness (QED) is 0.721. The fraction of sp³-hybridized carbons (Fsp3) is 0.600. The van der Waals surface area contributed by atoms with E-state index < -0.39 is 44.3 Å². The Hall–Kier alpha value is -1.64. The largest absolute Gasteiger partial charge is 0.516 e. The van der Waals surface area contributed by atoms with E-state index in [0.29, 0.717) is 0 Å². The molecule has 0 bridgehead atoms. The molecule has 0 radical (unpaired) electrons. The van der Waals surface area contributed by atoms with Gasteiger partial charge in [-0.2, -0.15) is 21.6 Å². The molecule has 9 heteroatoms. The van der Waals surface area contributed by atoms with Crippen molar-refractivity contribution in [2.75, 3.05) is 0 Å². The predicted octanol–water partition coefficient (Wildman–Crippen LogP) is 2.70. The van der Waals surface area contributed by atoms with Gasteiger partial charge in [0.25, 0.3) is 0 Å². The highest BCUT2D eigenvalue weighted by Gasteiger charge is 2.61. The molecule has 1 aliphatic heterocycles. The van der Waals surface area contributed by atoms with Gasteiger partial charge >= 0.3 is 15.5 Å². The van der Waals surface area contributed by atoms with Crippen LogP contribution in [0.25, 0.3) is 0 Å². The van der Waals surface area contributed by atoms with Gasteiger partial charge in [-0.1, -0.05) is 11.1 Å². The number of sulfonamides is 1. The molecule has 24 heavy (non-hydrogen) atoms. The van der Waals surface area contributed by atoms with Crippen LogP contribution in [-0.4, -0.2) is 35.8 Å². The summed E-state index contributed by atoms with van der Waals surface area (Å²) in [5.74, 6) is -1.29. The van der Waals surface area contributed by atoms with Crippen LogP contribution >= 0.6 is 0 Å². The Bertz CT molecular complexity index is 779. The SMILES string of the molecule is CC(=O)C1=C[C@]2(C(C)=O)CC(C)=C(C)C[C@@H]2N1S(=O)(=O)C(F)(F)F. The maximum atomic E-state index is 13.1. The van der Waals surface area contributed by atoms with Gasteiger partial charge < -0.3 is 0 Å². The highest BCUT2D eigenvalue weighted by Crippen LogP contribution is 2.52. The zero-order valence-electron chi connectivity index (χ0n) is 13.7. The first-order valence-electron chi connectivity index (χ1n) is 7.26. The van der Waals surface area contributed by atoms with Crippen LogP contribution in [0.1, 0.15) is 40.5 Å². The van der Waals surface area contributed by atoms with E-state index in [-0.39, 0.29) is 17.1 Å². The maximum Gasteiger partial charge on any atom is 0.516 e. The summed E-state index contributed by atoms with van der Waals surface area (Å²) in [6.07, 6.45) is 1.18. The maximum absolute atomic E-state index is 13.1. The zero-order valence-corrected chi connectivity index (χ0v) is 14.5. The number of Topliss-reactive ketones (excluding diaryl/α,β-unsaturated/α-hetero) is 2. The second kappa shape index (κ2) is 5.44. The number of hydrogen-bond donors (Lipinski definition) is 0. The average molecular weight is 365 g/mol. The molecular formula is C15H18F3NO4S. The molecule has 1 aliphatic carbocycles. The Balaban J connectivity index is 2.75. The molecule has 0 aromatic carbocycles.